The minimum Gasteiger partial charge on any atom is -0.508 e. The summed E-state index contributed by atoms with van der Waals surface area (Å²) in [5.74, 6) is 0.193. The van der Waals surface area contributed by atoms with Crippen LogP contribution in [0.1, 0.15) is 40.4 Å². The average molecular weight is 400 g/mol. The normalized spacial score (nSPS) is 14.0. The molecule has 30 heavy (non-hydrogen) atoms. The fraction of sp³-hybridized carbons (Fsp3) is 0.200. The van der Waals surface area contributed by atoms with Crippen LogP contribution in [0.25, 0.3) is 0 Å². The average Bonchev–Trinajstić information content (AvgIpc) is 3.60. The topological polar surface area (TPSA) is 78.4 Å². The van der Waals surface area contributed by atoms with E-state index in [1.54, 1.807) is 42.5 Å². The summed E-state index contributed by atoms with van der Waals surface area (Å²) in [6.07, 6.45) is 2.46. The lowest BCUT2D eigenvalue weighted by Gasteiger charge is -2.20. The number of nitrogens with one attached hydrogen (secondary N) is 2. The van der Waals surface area contributed by atoms with Gasteiger partial charge in [0, 0.05) is 17.2 Å². The van der Waals surface area contributed by atoms with Gasteiger partial charge < -0.3 is 15.7 Å². The number of anilines is 1. The maximum Gasteiger partial charge on any atom is 0.251 e. The molecule has 0 bridgehead atoms. The van der Waals surface area contributed by atoms with Crippen LogP contribution in [0, 0.1) is 5.92 Å². The standard InChI is InChI=1S/C25H24N2O3/c28-22-8-4-5-17(15-22)16-23(18-6-2-1-3-7-18)27-25(30)20-11-13-21(14-12-20)26-24(29)19-9-10-19/h1-8,11-15,19,23,28H,9-10,16H2,(H,26,29)(H,27,30). The highest BCUT2D eigenvalue weighted by Gasteiger charge is 2.29. The summed E-state index contributed by atoms with van der Waals surface area (Å²) in [4.78, 5) is 24.8. The number of carbonyl (C=O) groups excluding carboxylic acids is 2. The third-order valence-electron chi connectivity index (χ3n) is 5.22. The Kier molecular flexibility index (Phi) is 5.80. The molecule has 1 atom stereocenters. The Labute approximate surface area is 175 Å². The number of amides is 2. The summed E-state index contributed by atoms with van der Waals surface area (Å²) >= 11 is 0. The third kappa shape index (κ3) is 5.06. The van der Waals surface area contributed by atoms with Gasteiger partial charge >= 0.3 is 0 Å². The van der Waals surface area contributed by atoms with Crippen molar-refractivity contribution in [3.05, 3.63) is 95.6 Å². The Morgan fingerprint density at radius 3 is 2.33 bits per heavy atom. The van der Waals surface area contributed by atoms with Crippen molar-refractivity contribution in [3.63, 3.8) is 0 Å². The van der Waals surface area contributed by atoms with E-state index in [1.165, 1.54) is 0 Å². The highest BCUT2D eigenvalue weighted by Crippen LogP contribution is 2.30. The van der Waals surface area contributed by atoms with Crippen LogP contribution in [0.15, 0.2) is 78.9 Å². The Hall–Kier alpha value is -3.60. The first-order valence-electron chi connectivity index (χ1n) is 10.1. The second kappa shape index (κ2) is 8.82. The molecule has 5 heteroatoms. The first-order chi connectivity index (χ1) is 14.6. The van der Waals surface area contributed by atoms with E-state index in [1.807, 2.05) is 36.4 Å². The van der Waals surface area contributed by atoms with Gasteiger partial charge in [0.1, 0.15) is 5.75 Å². The van der Waals surface area contributed by atoms with Crippen LogP contribution in [0.3, 0.4) is 0 Å². The Morgan fingerprint density at radius 1 is 0.933 bits per heavy atom. The molecule has 0 heterocycles. The van der Waals surface area contributed by atoms with Gasteiger partial charge in [-0.3, -0.25) is 9.59 Å². The fourth-order valence-electron chi connectivity index (χ4n) is 3.39. The maximum atomic E-state index is 12.9. The number of carbonyl (C=O) groups is 2. The van der Waals surface area contributed by atoms with E-state index in [2.05, 4.69) is 10.6 Å². The predicted octanol–water partition coefficient (Wildman–Crippen LogP) is 4.45. The van der Waals surface area contributed by atoms with E-state index < -0.39 is 0 Å². The lowest BCUT2D eigenvalue weighted by atomic mass is 9.98. The molecule has 4 rings (SSSR count). The van der Waals surface area contributed by atoms with Gasteiger partial charge in [-0.15, -0.1) is 0 Å². The minimum absolute atomic E-state index is 0.0439. The summed E-state index contributed by atoms with van der Waals surface area (Å²) in [5.41, 5.74) is 3.14. The molecule has 3 aromatic rings. The molecule has 1 saturated carbocycles. The summed E-state index contributed by atoms with van der Waals surface area (Å²) in [6, 6.07) is 23.5. The van der Waals surface area contributed by atoms with E-state index in [0.29, 0.717) is 17.7 Å². The fourth-order valence-corrected chi connectivity index (χ4v) is 3.39. The molecule has 0 aromatic heterocycles. The van der Waals surface area contributed by atoms with E-state index >= 15 is 0 Å². The van der Waals surface area contributed by atoms with Crippen molar-refractivity contribution in [2.45, 2.75) is 25.3 Å². The van der Waals surface area contributed by atoms with Gasteiger partial charge in [0.15, 0.2) is 0 Å². The molecule has 2 amide bonds. The summed E-state index contributed by atoms with van der Waals surface area (Å²) in [7, 11) is 0. The molecule has 1 fully saturated rings. The van der Waals surface area contributed by atoms with Crippen molar-refractivity contribution in [2.75, 3.05) is 5.32 Å². The molecule has 1 aliphatic carbocycles. The number of benzene rings is 3. The molecule has 0 spiro atoms. The van der Waals surface area contributed by atoms with Crippen LogP contribution >= 0.6 is 0 Å². The largest absolute Gasteiger partial charge is 0.508 e. The van der Waals surface area contributed by atoms with Crippen molar-refractivity contribution in [2.24, 2.45) is 5.92 Å². The molecule has 152 valence electrons. The van der Waals surface area contributed by atoms with Crippen LogP contribution in [-0.2, 0) is 11.2 Å². The zero-order valence-electron chi connectivity index (χ0n) is 16.5. The SMILES string of the molecule is O=C(NC(Cc1cccc(O)c1)c1ccccc1)c1ccc(NC(=O)C2CC2)cc1. The van der Waals surface area contributed by atoms with Gasteiger partial charge in [0.2, 0.25) is 5.91 Å². The monoisotopic (exact) mass is 400 g/mol. The van der Waals surface area contributed by atoms with Crippen molar-refractivity contribution in [3.8, 4) is 5.75 Å². The number of phenols is 1. The van der Waals surface area contributed by atoms with Gasteiger partial charge in [0.05, 0.1) is 6.04 Å². The van der Waals surface area contributed by atoms with Crippen molar-refractivity contribution in [1.82, 2.24) is 5.32 Å². The summed E-state index contributed by atoms with van der Waals surface area (Å²) < 4.78 is 0. The van der Waals surface area contributed by atoms with Crippen molar-refractivity contribution >= 4 is 17.5 Å². The van der Waals surface area contributed by atoms with Crippen LogP contribution in [0.4, 0.5) is 5.69 Å². The van der Waals surface area contributed by atoms with Crippen LogP contribution < -0.4 is 10.6 Å². The van der Waals surface area contributed by atoms with Gasteiger partial charge in [-0.1, -0.05) is 42.5 Å². The van der Waals surface area contributed by atoms with E-state index in [0.717, 1.165) is 24.0 Å². The molecular formula is C25H24N2O3. The van der Waals surface area contributed by atoms with Crippen LogP contribution in [-0.4, -0.2) is 16.9 Å². The molecular weight excluding hydrogens is 376 g/mol. The Balaban J connectivity index is 1.47. The first-order valence-corrected chi connectivity index (χ1v) is 10.1. The predicted molar refractivity (Wildman–Crippen MR) is 116 cm³/mol. The summed E-state index contributed by atoms with van der Waals surface area (Å²) in [6.45, 7) is 0. The molecule has 0 aliphatic heterocycles. The Morgan fingerprint density at radius 2 is 1.67 bits per heavy atom. The number of phenolic OH excluding ortho intramolecular Hbond substituents is 1. The van der Waals surface area contributed by atoms with E-state index in [-0.39, 0.29) is 29.5 Å². The van der Waals surface area contributed by atoms with Crippen molar-refractivity contribution < 1.29 is 14.7 Å². The zero-order valence-corrected chi connectivity index (χ0v) is 16.5. The highest BCUT2D eigenvalue weighted by atomic mass is 16.3. The van der Waals surface area contributed by atoms with Gasteiger partial charge in [-0.25, -0.2) is 0 Å². The van der Waals surface area contributed by atoms with Crippen molar-refractivity contribution in [1.29, 1.82) is 0 Å². The number of hydrogen-bond acceptors (Lipinski definition) is 3. The van der Waals surface area contributed by atoms with Crippen LogP contribution in [0.5, 0.6) is 5.75 Å². The van der Waals surface area contributed by atoms with E-state index in [9.17, 15) is 14.7 Å². The smallest absolute Gasteiger partial charge is 0.251 e. The second-order valence-electron chi connectivity index (χ2n) is 7.65. The molecule has 0 radical (unpaired) electrons. The van der Waals surface area contributed by atoms with Crippen LogP contribution in [0.2, 0.25) is 0 Å². The lowest BCUT2D eigenvalue weighted by molar-refractivity contribution is -0.117. The van der Waals surface area contributed by atoms with E-state index in [4.69, 9.17) is 0 Å². The highest BCUT2D eigenvalue weighted by molar-refractivity contribution is 5.97. The zero-order chi connectivity index (χ0) is 20.9. The van der Waals surface area contributed by atoms with Gasteiger partial charge in [0.25, 0.3) is 5.91 Å². The molecule has 3 N–H and O–H groups in total. The quantitative estimate of drug-likeness (QED) is 0.548. The minimum atomic E-state index is -0.241. The molecule has 3 aromatic carbocycles. The lowest BCUT2D eigenvalue weighted by Crippen LogP contribution is -2.30. The van der Waals surface area contributed by atoms with Gasteiger partial charge in [-0.05, 0) is 66.8 Å². The van der Waals surface area contributed by atoms with Gasteiger partial charge in [-0.2, -0.15) is 0 Å². The first kappa shape index (κ1) is 19.7. The second-order valence-corrected chi connectivity index (χ2v) is 7.65. The molecule has 5 nitrogen and oxygen atoms in total. The summed E-state index contributed by atoms with van der Waals surface area (Å²) in [5, 5.41) is 15.7. The molecule has 1 unspecified atom stereocenters. The third-order valence-corrected chi connectivity index (χ3v) is 5.22. The maximum absolute atomic E-state index is 12.9. The number of aromatic hydroxyl groups is 1. The number of rotatable bonds is 7. The molecule has 1 aliphatic rings. The number of hydrogen-bond donors (Lipinski definition) is 3. The Bertz CT molecular complexity index is 1030. The molecule has 0 saturated heterocycles.